The molecule has 2 aromatic rings. The molecule has 1 aromatic carbocycles. The SMILES string of the molecule is Cc1cscc1C(=O)N1CCc2ccccc2C1CN. The van der Waals surface area contributed by atoms with Crippen molar-refractivity contribution in [3.05, 3.63) is 57.3 Å². The number of amides is 1. The Labute approximate surface area is 123 Å². The van der Waals surface area contributed by atoms with Gasteiger partial charge in [-0.1, -0.05) is 24.3 Å². The van der Waals surface area contributed by atoms with Crippen LogP contribution in [0.4, 0.5) is 0 Å². The standard InChI is InChI=1S/C16H18N2OS/c1-11-9-20-10-14(11)16(19)18-7-6-12-4-2-3-5-13(12)15(18)8-17/h2-5,9-10,15H,6-8,17H2,1H3. The number of nitrogens with zero attached hydrogens (tertiary/aromatic N) is 1. The molecule has 3 nitrogen and oxygen atoms in total. The third kappa shape index (κ3) is 2.15. The van der Waals surface area contributed by atoms with Gasteiger partial charge in [-0.05, 0) is 35.4 Å². The molecular weight excluding hydrogens is 268 g/mol. The van der Waals surface area contributed by atoms with E-state index in [0.29, 0.717) is 6.54 Å². The van der Waals surface area contributed by atoms with Crippen LogP contribution in [0.5, 0.6) is 0 Å². The summed E-state index contributed by atoms with van der Waals surface area (Å²) in [6.45, 7) is 3.19. The monoisotopic (exact) mass is 286 g/mol. The maximum Gasteiger partial charge on any atom is 0.255 e. The number of thiophene rings is 1. The molecule has 0 saturated heterocycles. The summed E-state index contributed by atoms with van der Waals surface area (Å²) in [5.74, 6) is 0.105. The van der Waals surface area contributed by atoms with Crippen molar-refractivity contribution in [2.24, 2.45) is 5.73 Å². The molecule has 1 aromatic heterocycles. The van der Waals surface area contributed by atoms with Crippen LogP contribution >= 0.6 is 11.3 Å². The molecule has 20 heavy (non-hydrogen) atoms. The molecule has 2 N–H and O–H groups in total. The molecule has 0 aliphatic carbocycles. The van der Waals surface area contributed by atoms with Crippen LogP contribution in [0.1, 0.15) is 33.1 Å². The fourth-order valence-corrected chi connectivity index (χ4v) is 3.71. The molecule has 104 valence electrons. The van der Waals surface area contributed by atoms with Gasteiger partial charge in [0.05, 0.1) is 11.6 Å². The van der Waals surface area contributed by atoms with Gasteiger partial charge in [0.15, 0.2) is 0 Å². The smallest absolute Gasteiger partial charge is 0.255 e. The summed E-state index contributed by atoms with van der Waals surface area (Å²) in [6, 6.07) is 8.28. The summed E-state index contributed by atoms with van der Waals surface area (Å²) < 4.78 is 0. The molecule has 1 atom stereocenters. The highest BCUT2D eigenvalue weighted by atomic mass is 32.1. The minimum Gasteiger partial charge on any atom is -0.330 e. The van der Waals surface area contributed by atoms with Crippen molar-refractivity contribution in [2.75, 3.05) is 13.1 Å². The predicted molar refractivity (Wildman–Crippen MR) is 82.0 cm³/mol. The first-order valence-corrected chi connectivity index (χ1v) is 7.78. The average Bonchev–Trinajstić information content (AvgIpc) is 2.91. The fraction of sp³-hybridized carbons (Fsp3) is 0.312. The molecule has 1 aliphatic rings. The zero-order chi connectivity index (χ0) is 14.1. The number of hydrogen-bond acceptors (Lipinski definition) is 3. The summed E-state index contributed by atoms with van der Waals surface area (Å²) in [5, 5.41) is 3.95. The predicted octanol–water partition coefficient (Wildman–Crippen LogP) is 2.75. The number of carbonyl (C=O) groups excluding carboxylic acids is 1. The number of rotatable bonds is 2. The Morgan fingerprint density at radius 1 is 1.40 bits per heavy atom. The van der Waals surface area contributed by atoms with E-state index in [1.54, 1.807) is 11.3 Å². The second kappa shape index (κ2) is 5.38. The van der Waals surface area contributed by atoms with Gasteiger partial charge in [-0.2, -0.15) is 11.3 Å². The fourth-order valence-electron chi connectivity index (χ4n) is 2.88. The third-order valence-electron chi connectivity index (χ3n) is 3.98. The Morgan fingerprint density at radius 3 is 2.90 bits per heavy atom. The summed E-state index contributed by atoms with van der Waals surface area (Å²) >= 11 is 1.57. The van der Waals surface area contributed by atoms with E-state index in [1.165, 1.54) is 11.1 Å². The topological polar surface area (TPSA) is 46.3 Å². The van der Waals surface area contributed by atoms with Gasteiger partial charge < -0.3 is 10.6 Å². The van der Waals surface area contributed by atoms with Crippen LogP contribution in [0.15, 0.2) is 35.0 Å². The molecule has 1 amide bonds. The Balaban J connectivity index is 1.96. The van der Waals surface area contributed by atoms with E-state index in [0.717, 1.165) is 24.1 Å². The van der Waals surface area contributed by atoms with Gasteiger partial charge in [-0.25, -0.2) is 0 Å². The van der Waals surface area contributed by atoms with E-state index in [-0.39, 0.29) is 11.9 Å². The van der Waals surface area contributed by atoms with Crippen LogP contribution < -0.4 is 5.73 Å². The number of hydrogen-bond donors (Lipinski definition) is 1. The second-order valence-corrected chi connectivity index (χ2v) is 5.91. The maximum atomic E-state index is 12.7. The van der Waals surface area contributed by atoms with Crippen LogP contribution in [0.3, 0.4) is 0 Å². The maximum absolute atomic E-state index is 12.7. The first-order chi connectivity index (χ1) is 9.72. The van der Waals surface area contributed by atoms with E-state index in [2.05, 4.69) is 12.1 Å². The van der Waals surface area contributed by atoms with Crippen molar-refractivity contribution >= 4 is 17.2 Å². The Morgan fingerprint density at radius 2 is 2.20 bits per heavy atom. The zero-order valence-electron chi connectivity index (χ0n) is 11.5. The molecule has 0 bridgehead atoms. The molecule has 4 heteroatoms. The molecule has 1 aliphatic heterocycles. The highest BCUT2D eigenvalue weighted by molar-refractivity contribution is 7.08. The number of fused-ring (bicyclic) bond motifs is 1. The van der Waals surface area contributed by atoms with Gasteiger partial charge in [0, 0.05) is 18.5 Å². The van der Waals surface area contributed by atoms with E-state index in [9.17, 15) is 4.79 Å². The van der Waals surface area contributed by atoms with Crippen LogP contribution in [-0.2, 0) is 6.42 Å². The van der Waals surface area contributed by atoms with E-state index >= 15 is 0 Å². The van der Waals surface area contributed by atoms with E-state index in [1.807, 2.05) is 34.7 Å². The summed E-state index contributed by atoms with van der Waals surface area (Å²) in [5.41, 5.74) is 10.3. The second-order valence-electron chi connectivity index (χ2n) is 5.17. The van der Waals surface area contributed by atoms with E-state index < -0.39 is 0 Å². The molecule has 3 rings (SSSR count). The molecule has 2 heterocycles. The Bertz CT molecular complexity index is 635. The lowest BCUT2D eigenvalue weighted by Gasteiger charge is -2.36. The summed E-state index contributed by atoms with van der Waals surface area (Å²) in [7, 11) is 0. The highest BCUT2D eigenvalue weighted by Crippen LogP contribution is 2.31. The first kappa shape index (κ1) is 13.3. The highest BCUT2D eigenvalue weighted by Gasteiger charge is 2.30. The van der Waals surface area contributed by atoms with Crippen molar-refractivity contribution < 1.29 is 4.79 Å². The van der Waals surface area contributed by atoms with Gasteiger partial charge in [0.1, 0.15) is 0 Å². The van der Waals surface area contributed by atoms with E-state index in [4.69, 9.17) is 5.73 Å². The molecular formula is C16H18N2OS. The van der Waals surface area contributed by atoms with Gasteiger partial charge in [-0.15, -0.1) is 0 Å². The lowest BCUT2D eigenvalue weighted by atomic mass is 9.92. The molecule has 0 fully saturated rings. The van der Waals surface area contributed by atoms with Crippen LogP contribution in [-0.4, -0.2) is 23.9 Å². The number of benzene rings is 1. The minimum absolute atomic E-state index is 0.00764. The third-order valence-corrected chi connectivity index (χ3v) is 4.84. The van der Waals surface area contributed by atoms with Crippen molar-refractivity contribution in [1.29, 1.82) is 0 Å². The molecule has 0 spiro atoms. The van der Waals surface area contributed by atoms with Crippen LogP contribution in [0.2, 0.25) is 0 Å². The van der Waals surface area contributed by atoms with Crippen molar-refractivity contribution in [3.8, 4) is 0 Å². The van der Waals surface area contributed by atoms with Gasteiger partial charge >= 0.3 is 0 Å². The molecule has 1 unspecified atom stereocenters. The number of carbonyl (C=O) groups is 1. The van der Waals surface area contributed by atoms with Crippen LogP contribution in [0, 0.1) is 6.92 Å². The number of aryl methyl sites for hydroxylation is 1. The largest absolute Gasteiger partial charge is 0.330 e. The van der Waals surface area contributed by atoms with Gasteiger partial charge in [-0.3, -0.25) is 4.79 Å². The molecule has 0 radical (unpaired) electrons. The quantitative estimate of drug-likeness (QED) is 0.922. The average molecular weight is 286 g/mol. The lowest BCUT2D eigenvalue weighted by molar-refractivity contribution is 0.0667. The van der Waals surface area contributed by atoms with Crippen molar-refractivity contribution in [3.63, 3.8) is 0 Å². The zero-order valence-corrected chi connectivity index (χ0v) is 12.3. The lowest BCUT2D eigenvalue weighted by Crippen LogP contribution is -2.43. The first-order valence-electron chi connectivity index (χ1n) is 6.84. The Hall–Kier alpha value is -1.65. The summed E-state index contributed by atoms with van der Waals surface area (Å²) in [6.07, 6.45) is 0.904. The van der Waals surface area contributed by atoms with Gasteiger partial charge in [0.25, 0.3) is 5.91 Å². The van der Waals surface area contributed by atoms with Crippen LogP contribution in [0.25, 0.3) is 0 Å². The number of nitrogens with two attached hydrogens (primary N) is 1. The Kier molecular flexibility index (Phi) is 3.59. The van der Waals surface area contributed by atoms with Crippen molar-refractivity contribution in [2.45, 2.75) is 19.4 Å². The molecule has 0 saturated carbocycles. The van der Waals surface area contributed by atoms with Gasteiger partial charge in [0.2, 0.25) is 0 Å². The summed E-state index contributed by atoms with van der Waals surface area (Å²) in [4.78, 5) is 14.7. The normalized spacial score (nSPS) is 17.9. The minimum atomic E-state index is -0.00764. The van der Waals surface area contributed by atoms with Crippen molar-refractivity contribution in [1.82, 2.24) is 4.90 Å².